The van der Waals surface area contributed by atoms with Crippen molar-refractivity contribution in [2.75, 3.05) is 12.3 Å². The van der Waals surface area contributed by atoms with Crippen LogP contribution in [0.5, 0.6) is 0 Å². The molecule has 0 saturated carbocycles. The van der Waals surface area contributed by atoms with E-state index in [1.807, 2.05) is 42.1 Å². The van der Waals surface area contributed by atoms with Crippen molar-refractivity contribution >= 4 is 17.7 Å². The molecule has 0 bridgehead atoms. The van der Waals surface area contributed by atoms with Crippen molar-refractivity contribution < 1.29 is 4.79 Å². The van der Waals surface area contributed by atoms with E-state index < -0.39 is 0 Å². The lowest BCUT2D eigenvalue weighted by atomic mass is 10.0. The van der Waals surface area contributed by atoms with E-state index in [2.05, 4.69) is 60.8 Å². The average Bonchev–Trinajstić information content (AvgIpc) is 2.70. The van der Waals surface area contributed by atoms with E-state index in [0.29, 0.717) is 13.0 Å². The number of amides is 1. The van der Waals surface area contributed by atoms with Gasteiger partial charge in [-0.3, -0.25) is 4.79 Å². The fraction of sp³-hybridized carbons (Fsp3) is 0.208. The number of rotatable bonds is 8. The first-order valence-electron chi connectivity index (χ1n) is 9.25. The summed E-state index contributed by atoms with van der Waals surface area (Å²) in [5.74, 6) is 1.99. The van der Waals surface area contributed by atoms with Crippen LogP contribution in [-0.4, -0.2) is 18.2 Å². The summed E-state index contributed by atoms with van der Waals surface area (Å²) in [5, 5.41) is 3.01. The molecule has 1 N–H and O–H groups in total. The molecule has 0 radical (unpaired) electrons. The highest BCUT2D eigenvalue weighted by Gasteiger charge is 2.04. The first-order chi connectivity index (χ1) is 13.2. The van der Waals surface area contributed by atoms with Crippen LogP contribution < -0.4 is 5.32 Å². The number of hydrogen-bond acceptors (Lipinski definition) is 2. The first kappa shape index (κ1) is 19.2. The molecule has 0 spiro atoms. The fourth-order valence-electron chi connectivity index (χ4n) is 2.83. The molecule has 3 rings (SSSR count). The van der Waals surface area contributed by atoms with Crippen molar-refractivity contribution in [3.63, 3.8) is 0 Å². The van der Waals surface area contributed by atoms with Gasteiger partial charge in [-0.2, -0.15) is 11.8 Å². The van der Waals surface area contributed by atoms with E-state index in [4.69, 9.17) is 0 Å². The van der Waals surface area contributed by atoms with Gasteiger partial charge in [-0.05, 0) is 29.2 Å². The van der Waals surface area contributed by atoms with Crippen molar-refractivity contribution in [2.24, 2.45) is 0 Å². The molecule has 0 unspecified atom stereocenters. The minimum Gasteiger partial charge on any atom is -0.355 e. The van der Waals surface area contributed by atoms with Crippen LogP contribution in [0.4, 0.5) is 0 Å². The molecule has 0 saturated heterocycles. The molecule has 2 nitrogen and oxygen atoms in total. The van der Waals surface area contributed by atoms with Gasteiger partial charge in [-0.15, -0.1) is 0 Å². The zero-order valence-electron chi connectivity index (χ0n) is 15.7. The van der Waals surface area contributed by atoms with Gasteiger partial charge >= 0.3 is 0 Å². The second kappa shape index (κ2) is 9.98. The predicted molar refractivity (Wildman–Crippen MR) is 116 cm³/mol. The normalized spacial score (nSPS) is 10.6. The Morgan fingerprint density at radius 2 is 1.44 bits per heavy atom. The number of aryl methyl sites for hydroxylation is 1. The molecule has 0 aromatic heterocycles. The van der Waals surface area contributed by atoms with E-state index >= 15 is 0 Å². The largest absolute Gasteiger partial charge is 0.355 e. The zero-order valence-corrected chi connectivity index (χ0v) is 16.5. The van der Waals surface area contributed by atoms with Gasteiger partial charge in [0.25, 0.3) is 0 Å². The van der Waals surface area contributed by atoms with Crippen LogP contribution in [0.15, 0.2) is 78.9 Å². The highest BCUT2D eigenvalue weighted by Crippen LogP contribution is 2.19. The van der Waals surface area contributed by atoms with Gasteiger partial charge in [0.1, 0.15) is 0 Å². The van der Waals surface area contributed by atoms with Crippen LogP contribution in [0.3, 0.4) is 0 Å². The molecule has 27 heavy (non-hydrogen) atoms. The summed E-state index contributed by atoms with van der Waals surface area (Å²) in [5.41, 5.74) is 6.02. The van der Waals surface area contributed by atoms with Crippen molar-refractivity contribution in [3.05, 3.63) is 95.6 Å². The molecule has 3 heteroatoms. The second-order valence-corrected chi connectivity index (χ2v) is 7.73. The molecule has 1 amide bonds. The van der Waals surface area contributed by atoms with Crippen LogP contribution in [0.2, 0.25) is 0 Å². The number of hydrogen-bond donors (Lipinski definition) is 1. The topological polar surface area (TPSA) is 29.1 Å². The molecule has 138 valence electrons. The Labute approximate surface area is 166 Å². The molecule has 0 aliphatic carbocycles. The number of carbonyl (C=O) groups is 1. The highest BCUT2D eigenvalue weighted by atomic mass is 32.2. The van der Waals surface area contributed by atoms with Crippen molar-refractivity contribution in [1.29, 1.82) is 0 Å². The molecule has 3 aromatic rings. The van der Waals surface area contributed by atoms with Crippen LogP contribution in [0.1, 0.15) is 16.7 Å². The molecule has 0 aliphatic rings. The van der Waals surface area contributed by atoms with Crippen LogP contribution >= 0.6 is 11.8 Å². The van der Waals surface area contributed by atoms with Gasteiger partial charge in [0, 0.05) is 18.1 Å². The third-order valence-electron chi connectivity index (χ3n) is 4.38. The smallest absolute Gasteiger partial charge is 0.224 e. The lowest BCUT2D eigenvalue weighted by Gasteiger charge is -2.07. The summed E-state index contributed by atoms with van der Waals surface area (Å²) in [6, 6.07) is 27.1. The molecule has 0 atom stereocenters. The van der Waals surface area contributed by atoms with E-state index in [-0.39, 0.29) is 5.91 Å². The van der Waals surface area contributed by atoms with E-state index in [1.54, 1.807) is 0 Å². The third-order valence-corrected chi connectivity index (χ3v) is 5.41. The Bertz CT molecular complexity index is 842. The number of thioether (sulfide) groups is 1. The van der Waals surface area contributed by atoms with Crippen LogP contribution in [0, 0.1) is 6.92 Å². The van der Waals surface area contributed by atoms with Gasteiger partial charge in [0.05, 0.1) is 6.42 Å². The van der Waals surface area contributed by atoms with Gasteiger partial charge < -0.3 is 5.32 Å². The van der Waals surface area contributed by atoms with Crippen molar-refractivity contribution in [1.82, 2.24) is 5.32 Å². The predicted octanol–water partition coefficient (Wildman–Crippen LogP) is 5.25. The number of benzene rings is 3. The van der Waals surface area contributed by atoms with E-state index in [1.165, 1.54) is 22.3 Å². The minimum atomic E-state index is 0.0818. The summed E-state index contributed by atoms with van der Waals surface area (Å²) in [7, 11) is 0. The van der Waals surface area contributed by atoms with Crippen LogP contribution in [-0.2, 0) is 17.0 Å². The molecule has 0 heterocycles. The van der Waals surface area contributed by atoms with Gasteiger partial charge in [-0.25, -0.2) is 0 Å². The Morgan fingerprint density at radius 1 is 0.815 bits per heavy atom. The van der Waals surface area contributed by atoms with Crippen molar-refractivity contribution in [3.8, 4) is 11.1 Å². The second-order valence-electron chi connectivity index (χ2n) is 6.63. The summed E-state index contributed by atoms with van der Waals surface area (Å²) in [4.78, 5) is 12.1. The number of nitrogens with one attached hydrogen (secondary N) is 1. The summed E-state index contributed by atoms with van der Waals surface area (Å²) < 4.78 is 0. The molecule has 0 fully saturated rings. The molecule has 0 aliphatic heterocycles. The Hall–Kier alpha value is -2.52. The summed E-state index contributed by atoms with van der Waals surface area (Å²) in [6.45, 7) is 2.80. The zero-order chi connectivity index (χ0) is 18.9. The quantitative estimate of drug-likeness (QED) is 0.545. The molecule has 3 aromatic carbocycles. The maximum absolute atomic E-state index is 12.1. The number of carbonyl (C=O) groups excluding carboxylic acids is 1. The monoisotopic (exact) mass is 375 g/mol. The Morgan fingerprint density at radius 3 is 2.15 bits per heavy atom. The summed E-state index contributed by atoms with van der Waals surface area (Å²) >= 11 is 1.85. The third kappa shape index (κ3) is 6.30. The maximum atomic E-state index is 12.1. The lowest BCUT2D eigenvalue weighted by molar-refractivity contribution is -0.120. The first-order valence-corrected chi connectivity index (χ1v) is 10.4. The maximum Gasteiger partial charge on any atom is 0.224 e. The lowest BCUT2D eigenvalue weighted by Crippen LogP contribution is -2.27. The standard InChI is InChI=1S/C24H25NOS/c1-19-7-9-21(10-8-19)18-27-16-15-25-24(26)17-20-11-13-23(14-12-20)22-5-3-2-4-6-22/h2-14H,15-18H2,1H3,(H,25,26). The average molecular weight is 376 g/mol. The van der Waals surface area contributed by atoms with Gasteiger partial charge in [0.15, 0.2) is 0 Å². The van der Waals surface area contributed by atoms with Gasteiger partial charge in [0.2, 0.25) is 5.91 Å². The van der Waals surface area contributed by atoms with Crippen LogP contribution in [0.25, 0.3) is 11.1 Å². The molecular weight excluding hydrogens is 350 g/mol. The summed E-state index contributed by atoms with van der Waals surface area (Å²) in [6.07, 6.45) is 0.428. The SMILES string of the molecule is Cc1ccc(CSCCNC(=O)Cc2ccc(-c3ccccc3)cc2)cc1. The highest BCUT2D eigenvalue weighted by molar-refractivity contribution is 7.98. The van der Waals surface area contributed by atoms with Gasteiger partial charge in [-0.1, -0.05) is 84.4 Å². The van der Waals surface area contributed by atoms with E-state index in [0.717, 1.165) is 17.1 Å². The molecular formula is C24H25NOS. The minimum absolute atomic E-state index is 0.0818. The fourth-order valence-corrected chi connectivity index (χ4v) is 3.65. The Balaban J connectivity index is 1.37. The van der Waals surface area contributed by atoms with E-state index in [9.17, 15) is 4.79 Å². The Kier molecular flexibility index (Phi) is 7.11. The van der Waals surface area contributed by atoms with Crippen molar-refractivity contribution in [2.45, 2.75) is 19.1 Å².